The summed E-state index contributed by atoms with van der Waals surface area (Å²) in [5, 5.41) is 0. The summed E-state index contributed by atoms with van der Waals surface area (Å²) in [6, 6.07) is 3.07. The Bertz CT molecular complexity index is 578. The molecule has 1 saturated carbocycles. The van der Waals surface area contributed by atoms with Gasteiger partial charge in [-0.2, -0.15) is 4.31 Å². The van der Waals surface area contributed by atoms with E-state index in [2.05, 4.69) is 4.98 Å². The molecule has 3 rings (SSSR count). The van der Waals surface area contributed by atoms with E-state index >= 15 is 0 Å². The van der Waals surface area contributed by atoms with E-state index in [9.17, 15) is 8.42 Å². The first-order valence-electron chi connectivity index (χ1n) is 7.29. The van der Waals surface area contributed by atoms with Crippen LogP contribution in [0.5, 0.6) is 0 Å². The van der Waals surface area contributed by atoms with Crippen LogP contribution in [0.4, 0.5) is 0 Å². The minimum atomic E-state index is -3.56. The zero-order valence-corrected chi connectivity index (χ0v) is 12.8. The van der Waals surface area contributed by atoms with Gasteiger partial charge in [0.2, 0.25) is 10.0 Å². The van der Waals surface area contributed by atoms with E-state index in [1.807, 2.05) is 6.92 Å². The second kappa shape index (κ2) is 6.00. The van der Waals surface area contributed by atoms with Gasteiger partial charge in [0.25, 0.3) is 0 Å². The Morgan fingerprint density at radius 3 is 3.05 bits per heavy atom. The van der Waals surface area contributed by atoms with Gasteiger partial charge in [0.15, 0.2) is 0 Å². The molecule has 2 heterocycles. The van der Waals surface area contributed by atoms with Crippen LogP contribution in [0.15, 0.2) is 29.4 Å². The Morgan fingerprint density at radius 2 is 2.33 bits per heavy atom. The minimum Gasteiger partial charge on any atom is -0.374 e. The lowest BCUT2D eigenvalue weighted by molar-refractivity contribution is -0.0470. The molecule has 6 nitrogen and oxygen atoms in total. The first-order chi connectivity index (χ1) is 10.1. The van der Waals surface area contributed by atoms with Gasteiger partial charge in [0.1, 0.15) is 11.0 Å². The van der Waals surface area contributed by atoms with Crippen molar-refractivity contribution in [2.75, 3.05) is 19.8 Å². The van der Waals surface area contributed by atoms with E-state index in [1.165, 1.54) is 10.5 Å². The molecule has 1 aliphatic carbocycles. The average Bonchev–Trinajstić information content (AvgIpc) is 2.75. The lowest BCUT2D eigenvalue weighted by atomic mass is 10.2. The summed E-state index contributed by atoms with van der Waals surface area (Å²) in [7, 11) is -3.56. The van der Waals surface area contributed by atoms with Gasteiger partial charge in [-0.1, -0.05) is 0 Å². The molecule has 21 heavy (non-hydrogen) atoms. The first kappa shape index (κ1) is 14.9. The van der Waals surface area contributed by atoms with Crippen molar-refractivity contribution < 1.29 is 17.9 Å². The zero-order valence-electron chi connectivity index (χ0n) is 12.0. The van der Waals surface area contributed by atoms with Crippen molar-refractivity contribution in [3.63, 3.8) is 0 Å². The van der Waals surface area contributed by atoms with Crippen LogP contribution in [0.2, 0.25) is 0 Å². The Balaban J connectivity index is 1.93. The number of aromatic nitrogens is 1. The maximum Gasteiger partial charge on any atom is 0.245 e. The standard InChI is InChI=1S/C14H20N2O4S/c1-2-19-14-12-5-6-13(14)20-9-8-16(12)21(17,18)11-4-3-7-15-10-11/h3-4,7,10,12-14H,2,5-6,8-9H2,1H3/t12-,13-,14-/m1/s1. The molecule has 0 unspecified atom stereocenters. The number of hydrogen-bond donors (Lipinski definition) is 0. The second-order valence-corrected chi connectivity index (χ2v) is 7.17. The Morgan fingerprint density at radius 1 is 1.48 bits per heavy atom. The van der Waals surface area contributed by atoms with Crippen LogP contribution in [0.25, 0.3) is 0 Å². The highest BCUT2D eigenvalue weighted by molar-refractivity contribution is 7.89. The summed E-state index contributed by atoms with van der Waals surface area (Å²) in [6.07, 6.45) is 4.40. The molecule has 7 heteroatoms. The maximum atomic E-state index is 12.9. The summed E-state index contributed by atoms with van der Waals surface area (Å²) >= 11 is 0. The van der Waals surface area contributed by atoms with Crippen molar-refractivity contribution in [2.45, 2.75) is 42.9 Å². The van der Waals surface area contributed by atoms with Gasteiger partial charge in [0, 0.05) is 25.5 Å². The molecule has 0 aromatic carbocycles. The lowest BCUT2D eigenvalue weighted by Crippen LogP contribution is -2.46. The van der Waals surface area contributed by atoms with Crippen LogP contribution in [-0.4, -0.2) is 55.7 Å². The summed E-state index contributed by atoms with van der Waals surface area (Å²) < 4.78 is 38.8. The number of hydrogen-bond acceptors (Lipinski definition) is 5. The van der Waals surface area contributed by atoms with Gasteiger partial charge in [-0.3, -0.25) is 4.98 Å². The first-order valence-corrected chi connectivity index (χ1v) is 8.73. The van der Waals surface area contributed by atoms with E-state index < -0.39 is 10.0 Å². The highest BCUT2D eigenvalue weighted by Gasteiger charge is 2.47. The van der Waals surface area contributed by atoms with Gasteiger partial charge in [-0.05, 0) is 31.9 Å². The van der Waals surface area contributed by atoms with Crippen molar-refractivity contribution >= 4 is 10.0 Å². The fraction of sp³-hybridized carbons (Fsp3) is 0.643. The SMILES string of the molecule is CCO[C@@H]1[C@H]2CC[C@H]1OCCN2S(=O)(=O)c1cccnc1. The molecule has 116 valence electrons. The van der Waals surface area contributed by atoms with E-state index in [4.69, 9.17) is 9.47 Å². The number of fused-ring (bicyclic) bond motifs is 2. The van der Waals surface area contributed by atoms with Crippen molar-refractivity contribution in [2.24, 2.45) is 0 Å². The predicted molar refractivity (Wildman–Crippen MR) is 76.3 cm³/mol. The van der Waals surface area contributed by atoms with Crippen LogP contribution < -0.4 is 0 Å². The number of sulfonamides is 1. The molecule has 2 bridgehead atoms. The van der Waals surface area contributed by atoms with E-state index in [1.54, 1.807) is 18.3 Å². The fourth-order valence-electron chi connectivity index (χ4n) is 3.20. The summed E-state index contributed by atoms with van der Waals surface area (Å²) in [4.78, 5) is 4.14. The number of rotatable bonds is 4. The highest BCUT2D eigenvalue weighted by Crippen LogP contribution is 2.34. The Labute approximate surface area is 125 Å². The molecule has 0 spiro atoms. The van der Waals surface area contributed by atoms with Gasteiger partial charge < -0.3 is 9.47 Å². The highest BCUT2D eigenvalue weighted by atomic mass is 32.2. The summed E-state index contributed by atoms with van der Waals surface area (Å²) in [5.74, 6) is 0. The molecule has 1 aromatic heterocycles. The molecule has 1 aliphatic heterocycles. The van der Waals surface area contributed by atoms with Crippen LogP contribution in [0, 0.1) is 0 Å². The van der Waals surface area contributed by atoms with Gasteiger partial charge in [-0.15, -0.1) is 0 Å². The van der Waals surface area contributed by atoms with Gasteiger partial charge in [0.05, 0.1) is 18.8 Å². The van der Waals surface area contributed by atoms with Crippen LogP contribution in [-0.2, 0) is 19.5 Å². The topological polar surface area (TPSA) is 68.7 Å². The molecule has 3 atom stereocenters. The Hall–Kier alpha value is -1.02. The van der Waals surface area contributed by atoms with E-state index in [0.29, 0.717) is 19.8 Å². The fourth-order valence-corrected chi connectivity index (χ4v) is 4.81. The van der Waals surface area contributed by atoms with E-state index in [-0.39, 0.29) is 23.1 Å². The van der Waals surface area contributed by atoms with Crippen molar-refractivity contribution in [3.05, 3.63) is 24.5 Å². The normalized spacial score (nSPS) is 30.2. The van der Waals surface area contributed by atoms with Crippen LogP contribution in [0.3, 0.4) is 0 Å². The molecular formula is C14H20N2O4S. The smallest absolute Gasteiger partial charge is 0.245 e. The van der Waals surface area contributed by atoms with Gasteiger partial charge >= 0.3 is 0 Å². The number of pyridine rings is 1. The largest absolute Gasteiger partial charge is 0.374 e. The third-order valence-corrected chi connectivity index (χ3v) is 6.01. The second-order valence-electron chi connectivity index (χ2n) is 5.28. The quantitative estimate of drug-likeness (QED) is 0.831. The van der Waals surface area contributed by atoms with Crippen LogP contribution in [0.1, 0.15) is 19.8 Å². The van der Waals surface area contributed by atoms with Crippen LogP contribution >= 0.6 is 0 Å². The monoisotopic (exact) mass is 312 g/mol. The van der Waals surface area contributed by atoms with Crippen molar-refractivity contribution in [1.29, 1.82) is 0 Å². The predicted octanol–water partition coefficient (Wildman–Crippen LogP) is 1.04. The molecular weight excluding hydrogens is 292 g/mol. The molecule has 1 saturated heterocycles. The third kappa shape index (κ3) is 2.70. The van der Waals surface area contributed by atoms with E-state index in [0.717, 1.165) is 12.8 Å². The number of nitrogens with zero attached hydrogens (tertiary/aromatic N) is 2. The Kier molecular flexibility index (Phi) is 4.26. The minimum absolute atomic E-state index is 0.00375. The lowest BCUT2D eigenvalue weighted by Gasteiger charge is -2.30. The summed E-state index contributed by atoms with van der Waals surface area (Å²) in [5.41, 5.74) is 0. The molecule has 1 aromatic rings. The number of ether oxygens (including phenoxy) is 2. The van der Waals surface area contributed by atoms with Gasteiger partial charge in [-0.25, -0.2) is 8.42 Å². The third-order valence-electron chi connectivity index (χ3n) is 4.11. The molecule has 0 amide bonds. The molecule has 0 N–H and O–H groups in total. The maximum absolute atomic E-state index is 12.9. The zero-order chi connectivity index (χ0) is 14.9. The molecule has 2 fully saturated rings. The molecule has 2 aliphatic rings. The molecule has 0 radical (unpaired) electrons. The van der Waals surface area contributed by atoms with Crippen molar-refractivity contribution in [1.82, 2.24) is 9.29 Å². The summed E-state index contributed by atoms with van der Waals surface area (Å²) in [6.45, 7) is 3.25. The average molecular weight is 312 g/mol. The van der Waals surface area contributed by atoms with Crippen molar-refractivity contribution in [3.8, 4) is 0 Å².